The Kier molecular flexibility index (Phi) is 4.78. The van der Waals surface area contributed by atoms with Crippen LogP contribution in [0.5, 0.6) is 5.88 Å². The molecule has 1 aliphatic carbocycles. The monoisotopic (exact) mass is 354 g/mol. The first-order chi connectivity index (χ1) is 12.7. The molecule has 6 heteroatoms. The molecule has 1 N–H and O–H groups in total. The molecular formula is C20H26N4O2. The van der Waals surface area contributed by atoms with Gasteiger partial charge in [-0.25, -0.2) is 4.98 Å². The number of methoxy groups -OCH3 is 1. The van der Waals surface area contributed by atoms with Crippen LogP contribution in [0, 0.1) is 0 Å². The van der Waals surface area contributed by atoms with Crippen LogP contribution in [0.15, 0.2) is 24.3 Å². The van der Waals surface area contributed by atoms with Crippen molar-refractivity contribution >= 4 is 5.69 Å². The van der Waals surface area contributed by atoms with Crippen molar-refractivity contribution in [2.75, 3.05) is 45.2 Å². The number of anilines is 1. The molecule has 1 unspecified atom stereocenters. The molecule has 1 aliphatic heterocycles. The number of piperazine rings is 1. The number of likely N-dealkylation sites (N-methyl/N-ethyl adjacent to an activating group) is 1. The van der Waals surface area contributed by atoms with Gasteiger partial charge in [-0.15, -0.1) is 0 Å². The Hall–Kier alpha value is -2.18. The standard InChI is InChI=1S/C20H26N4O2/c1-23-9-11-24(12-10-23)15-6-3-5-14(13-15)18(25)19-21-17-8-4-7-16(17)20(22-19)26-2/h3,5-6,13,18,25H,4,7-12H2,1-2H3. The van der Waals surface area contributed by atoms with Crippen LogP contribution in [-0.2, 0) is 12.8 Å². The van der Waals surface area contributed by atoms with Gasteiger partial charge in [-0.3, -0.25) is 0 Å². The maximum Gasteiger partial charge on any atom is 0.219 e. The second kappa shape index (κ2) is 7.21. The topological polar surface area (TPSA) is 61.7 Å². The zero-order valence-corrected chi connectivity index (χ0v) is 15.5. The van der Waals surface area contributed by atoms with Gasteiger partial charge in [0.05, 0.1) is 12.8 Å². The number of ether oxygens (including phenoxy) is 1. The highest BCUT2D eigenvalue weighted by molar-refractivity contribution is 5.50. The summed E-state index contributed by atoms with van der Waals surface area (Å²) in [5.41, 5.74) is 4.07. The molecule has 1 atom stereocenters. The average Bonchev–Trinajstić information content (AvgIpc) is 3.16. The third kappa shape index (κ3) is 3.27. The highest BCUT2D eigenvalue weighted by Gasteiger charge is 2.24. The van der Waals surface area contributed by atoms with E-state index in [0.29, 0.717) is 11.7 Å². The van der Waals surface area contributed by atoms with Crippen molar-refractivity contribution in [2.24, 2.45) is 0 Å². The fourth-order valence-corrected chi connectivity index (χ4v) is 3.81. The number of nitrogens with zero attached hydrogens (tertiary/aromatic N) is 4. The van der Waals surface area contributed by atoms with Gasteiger partial charge in [0.25, 0.3) is 0 Å². The van der Waals surface area contributed by atoms with Gasteiger partial charge in [0, 0.05) is 37.4 Å². The molecule has 0 spiro atoms. The number of rotatable bonds is 4. The normalized spacial score (nSPS) is 18.7. The average molecular weight is 354 g/mol. The van der Waals surface area contributed by atoms with E-state index >= 15 is 0 Å². The van der Waals surface area contributed by atoms with E-state index < -0.39 is 6.10 Å². The molecule has 26 heavy (non-hydrogen) atoms. The van der Waals surface area contributed by atoms with Crippen LogP contribution in [0.2, 0.25) is 0 Å². The Labute approximate surface area is 154 Å². The number of benzene rings is 1. The van der Waals surface area contributed by atoms with E-state index in [1.807, 2.05) is 12.1 Å². The second-order valence-electron chi connectivity index (χ2n) is 7.16. The van der Waals surface area contributed by atoms with Gasteiger partial charge in [-0.2, -0.15) is 4.98 Å². The zero-order valence-electron chi connectivity index (χ0n) is 15.5. The number of aromatic nitrogens is 2. The van der Waals surface area contributed by atoms with Crippen LogP contribution in [0.3, 0.4) is 0 Å². The van der Waals surface area contributed by atoms with E-state index in [9.17, 15) is 5.11 Å². The molecule has 4 rings (SSSR count). The molecule has 0 saturated carbocycles. The van der Waals surface area contributed by atoms with Crippen LogP contribution in [0.25, 0.3) is 0 Å². The summed E-state index contributed by atoms with van der Waals surface area (Å²) < 4.78 is 5.44. The minimum absolute atomic E-state index is 0.429. The van der Waals surface area contributed by atoms with Crippen LogP contribution >= 0.6 is 0 Å². The fraction of sp³-hybridized carbons (Fsp3) is 0.500. The molecule has 138 valence electrons. The highest BCUT2D eigenvalue weighted by Crippen LogP contribution is 2.31. The molecule has 0 bridgehead atoms. The molecule has 0 amide bonds. The summed E-state index contributed by atoms with van der Waals surface area (Å²) in [6, 6.07) is 8.09. The van der Waals surface area contributed by atoms with E-state index in [4.69, 9.17) is 4.74 Å². The van der Waals surface area contributed by atoms with Gasteiger partial charge in [0.1, 0.15) is 6.10 Å². The largest absolute Gasteiger partial charge is 0.481 e. The van der Waals surface area contributed by atoms with Gasteiger partial charge in [-0.05, 0) is 44.0 Å². The molecule has 1 aromatic heterocycles. The zero-order chi connectivity index (χ0) is 18.1. The minimum atomic E-state index is -0.845. The Bertz CT molecular complexity index is 787. The lowest BCUT2D eigenvalue weighted by atomic mass is 10.1. The van der Waals surface area contributed by atoms with Crippen molar-refractivity contribution in [1.29, 1.82) is 0 Å². The number of fused-ring (bicyclic) bond motifs is 1. The lowest BCUT2D eigenvalue weighted by Gasteiger charge is -2.34. The van der Waals surface area contributed by atoms with E-state index in [2.05, 4.69) is 38.9 Å². The predicted octanol–water partition coefficient (Wildman–Crippen LogP) is 1.81. The quantitative estimate of drug-likeness (QED) is 0.904. The predicted molar refractivity (Wildman–Crippen MR) is 101 cm³/mol. The van der Waals surface area contributed by atoms with Gasteiger partial charge in [0.2, 0.25) is 5.88 Å². The summed E-state index contributed by atoms with van der Waals surface area (Å²) in [6.45, 7) is 4.11. The van der Waals surface area contributed by atoms with Gasteiger partial charge in [0.15, 0.2) is 5.82 Å². The fourth-order valence-electron chi connectivity index (χ4n) is 3.81. The molecule has 1 fully saturated rings. The number of aliphatic hydroxyl groups is 1. The van der Waals surface area contributed by atoms with Crippen LogP contribution < -0.4 is 9.64 Å². The number of hydrogen-bond donors (Lipinski definition) is 1. The summed E-state index contributed by atoms with van der Waals surface area (Å²) in [4.78, 5) is 13.8. The number of hydrogen-bond acceptors (Lipinski definition) is 6. The Balaban J connectivity index is 1.61. The van der Waals surface area contributed by atoms with E-state index in [-0.39, 0.29) is 0 Å². The van der Waals surface area contributed by atoms with Crippen LogP contribution in [0.1, 0.15) is 35.2 Å². The Morgan fingerprint density at radius 1 is 1.12 bits per heavy atom. The van der Waals surface area contributed by atoms with Gasteiger partial charge < -0.3 is 19.6 Å². The maximum absolute atomic E-state index is 10.9. The van der Waals surface area contributed by atoms with E-state index in [1.54, 1.807) is 7.11 Å². The van der Waals surface area contributed by atoms with Crippen molar-refractivity contribution in [3.63, 3.8) is 0 Å². The van der Waals surface area contributed by atoms with Gasteiger partial charge in [-0.1, -0.05) is 12.1 Å². The molecule has 2 aliphatic rings. The van der Waals surface area contributed by atoms with Crippen molar-refractivity contribution < 1.29 is 9.84 Å². The highest BCUT2D eigenvalue weighted by atomic mass is 16.5. The van der Waals surface area contributed by atoms with E-state index in [1.165, 1.54) is 0 Å². The molecule has 2 heterocycles. The summed E-state index contributed by atoms with van der Waals surface area (Å²) in [7, 11) is 3.78. The van der Waals surface area contributed by atoms with Crippen LogP contribution in [-0.4, -0.2) is 60.3 Å². The second-order valence-corrected chi connectivity index (χ2v) is 7.16. The molecule has 6 nitrogen and oxygen atoms in total. The third-order valence-corrected chi connectivity index (χ3v) is 5.40. The smallest absolute Gasteiger partial charge is 0.219 e. The Morgan fingerprint density at radius 2 is 1.92 bits per heavy atom. The van der Waals surface area contributed by atoms with Crippen molar-refractivity contribution in [2.45, 2.75) is 25.4 Å². The number of aryl methyl sites for hydroxylation is 1. The first kappa shape index (κ1) is 17.2. The van der Waals surface area contributed by atoms with Crippen molar-refractivity contribution in [3.8, 4) is 5.88 Å². The molecule has 2 aromatic rings. The molecule has 1 saturated heterocycles. The summed E-state index contributed by atoms with van der Waals surface area (Å²) in [5.74, 6) is 1.04. The third-order valence-electron chi connectivity index (χ3n) is 5.40. The lowest BCUT2D eigenvalue weighted by Crippen LogP contribution is -2.44. The first-order valence-electron chi connectivity index (χ1n) is 9.31. The first-order valence-corrected chi connectivity index (χ1v) is 9.31. The summed E-state index contributed by atoms with van der Waals surface area (Å²) in [6.07, 6.45) is 2.10. The molecule has 1 aromatic carbocycles. The molecular weight excluding hydrogens is 328 g/mol. The van der Waals surface area contributed by atoms with Crippen molar-refractivity contribution in [1.82, 2.24) is 14.9 Å². The minimum Gasteiger partial charge on any atom is -0.481 e. The van der Waals surface area contributed by atoms with Crippen molar-refractivity contribution in [3.05, 3.63) is 46.9 Å². The maximum atomic E-state index is 10.9. The summed E-state index contributed by atoms with van der Waals surface area (Å²) in [5, 5.41) is 10.9. The SMILES string of the molecule is COc1nc(C(O)c2cccc(N3CCN(C)CC3)c2)nc2c1CCC2. The van der Waals surface area contributed by atoms with Gasteiger partial charge >= 0.3 is 0 Å². The number of aliphatic hydroxyl groups excluding tert-OH is 1. The molecule has 0 radical (unpaired) electrons. The Morgan fingerprint density at radius 3 is 2.69 bits per heavy atom. The lowest BCUT2D eigenvalue weighted by molar-refractivity contribution is 0.207. The van der Waals surface area contributed by atoms with Crippen LogP contribution in [0.4, 0.5) is 5.69 Å². The summed E-state index contributed by atoms with van der Waals surface area (Å²) >= 11 is 0. The van der Waals surface area contributed by atoms with E-state index in [0.717, 1.165) is 67.9 Å².